The number of sulfonamides is 1. The van der Waals surface area contributed by atoms with E-state index in [0.29, 0.717) is 23.8 Å². The molecule has 1 amide bonds. The number of anilines is 1. The Bertz CT molecular complexity index is 897. The number of methoxy groups -OCH3 is 1. The van der Waals surface area contributed by atoms with Gasteiger partial charge in [-0.3, -0.25) is 9.10 Å². The van der Waals surface area contributed by atoms with Gasteiger partial charge in [0.15, 0.2) is 0 Å². The smallest absolute Gasteiger partial charge is 0.243 e. The quantitative estimate of drug-likeness (QED) is 0.692. The lowest BCUT2D eigenvalue weighted by Crippen LogP contribution is -2.47. The van der Waals surface area contributed by atoms with E-state index in [0.717, 1.165) is 16.1 Å². The van der Waals surface area contributed by atoms with Crippen LogP contribution >= 0.6 is 0 Å². The number of rotatable bonds is 9. The van der Waals surface area contributed by atoms with Crippen LogP contribution < -0.4 is 19.1 Å². The third-order valence-corrected chi connectivity index (χ3v) is 5.38. The topological polar surface area (TPSA) is 84.9 Å². The maximum absolute atomic E-state index is 12.7. The molecule has 152 valence electrons. The standard InChI is InChI=1S/C20H26N2O5S/c1-5-27-18-12-10-17(11-13-18)22(28(4,24)25)15(2)20(23)21-14-16-8-6-7-9-19(16)26-3/h6-13,15H,5,14H2,1-4H3,(H,21,23)/t15-/m1/s1. The van der Waals surface area contributed by atoms with Crippen LogP contribution in [0.4, 0.5) is 5.69 Å². The number of nitrogens with zero attached hydrogens (tertiary/aromatic N) is 1. The molecule has 0 aliphatic heterocycles. The second-order valence-electron chi connectivity index (χ2n) is 6.19. The van der Waals surface area contributed by atoms with Crippen LogP contribution in [0.3, 0.4) is 0 Å². The predicted octanol–water partition coefficient (Wildman–Crippen LogP) is 2.56. The molecule has 0 unspecified atom stereocenters. The van der Waals surface area contributed by atoms with Crippen molar-refractivity contribution in [2.75, 3.05) is 24.3 Å². The first-order valence-corrected chi connectivity index (χ1v) is 10.7. The van der Waals surface area contributed by atoms with Gasteiger partial charge in [-0.15, -0.1) is 0 Å². The van der Waals surface area contributed by atoms with Gasteiger partial charge in [0.2, 0.25) is 15.9 Å². The molecule has 2 aromatic rings. The zero-order valence-corrected chi connectivity index (χ0v) is 17.3. The van der Waals surface area contributed by atoms with Gasteiger partial charge < -0.3 is 14.8 Å². The molecule has 0 fully saturated rings. The third-order valence-electron chi connectivity index (χ3n) is 4.14. The van der Waals surface area contributed by atoms with Crippen LogP contribution in [-0.2, 0) is 21.4 Å². The molecule has 0 aliphatic rings. The van der Waals surface area contributed by atoms with E-state index in [-0.39, 0.29) is 6.54 Å². The third kappa shape index (κ3) is 5.39. The zero-order chi connectivity index (χ0) is 20.7. The van der Waals surface area contributed by atoms with E-state index in [1.165, 1.54) is 0 Å². The molecule has 28 heavy (non-hydrogen) atoms. The fourth-order valence-corrected chi connectivity index (χ4v) is 4.02. The molecule has 0 aromatic heterocycles. The Balaban J connectivity index is 2.18. The molecule has 1 N–H and O–H groups in total. The first kappa shape index (κ1) is 21.6. The summed E-state index contributed by atoms with van der Waals surface area (Å²) in [7, 11) is -2.12. The number of amides is 1. The Morgan fingerprint density at radius 3 is 2.36 bits per heavy atom. The average Bonchev–Trinajstić information content (AvgIpc) is 2.67. The highest BCUT2D eigenvalue weighted by Gasteiger charge is 2.29. The predicted molar refractivity (Wildman–Crippen MR) is 109 cm³/mol. The number of carbonyl (C=O) groups is 1. The van der Waals surface area contributed by atoms with Crippen molar-refractivity contribution < 1.29 is 22.7 Å². The van der Waals surface area contributed by atoms with Gasteiger partial charge in [-0.05, 0) is 44.2 Å². The minimum Gasteiger partial charge on any atom is -0.496 e. The first-order valence-electron chi connectivity index (χ1n) is 8.89. The second-order valence-corrected chi connectivity index (χ2v) is 8.05. The van der Waals surface area contributed by atoms with Gasteiger partial charge in [0, 0.05) is 12.1 Å². The number of hydrogen-bond donors (Lipinski definition) is 1. The number of ether oxygens (including phenoxy) is 2. The summed E-state index contributed by atoms with van der Waals surface area (Å²) in [4.78, 5) is 12.7. The summed E-state index contributed by atoms with van der Waals surface area (Å²) in [6.45, 7) is 4.16. The molecule has 0 saturated heterocycles. The summed E-state index contributed by atoms with van der Waals surface area (Å²) in [6.07, 6.45) is 1.08. The molecule has 2 rings (SSSR count). The van der Waals surface area contributed by atoms with Crippen LogP contribution in [0.2, 0.25) is 0 Å². The molecule has 8 heteroatoms. The van der Waals surface area contributed by atoms with E-state index in [9.17, 15) is 13.2 Å². The van der Waals surface area contributed by atoms with Gasteiger partial charge in [-0.25, -0.2) is 8.42 Å². The highest BCUT2D eigenvalue weighted by molar-refractivity contribution is 7.92. The highest BCUT2D eigenvalue weighted by Crippen LogP contribution is 2.24. The Hall–Kier alpha value is -2.74. The maximum atomic E-state index is 12.7. The van der Waals surface area contributed by atoms with Crippen LogP contribution in [0, 0.1) is 0 Å². The van der Waals surface area contributed by atoms with Crippen LogP contribution in [0.5, 0.6) is 11.5 Å². The molecule has 0 saturated carbocycles. The van der Waals surface area contributed by atoms with Crippen molar-refractivity contribution in [3.8, 4) is 11.5 Å². The second kappa shape index (κ2) is 9.45. The number of para-hydroxylation sites is 1. The largest absolute Gasteiger partial charge is 0.496 e. The minimum absolute atomic E-state index is 0.230. The van der Waals surface area contributed by atoms with Crippen molar-refractivity contribution in [1.82, 2.24) is 5.32 Å². The van der Waals surface area contributed by atoms with E-state index >= 15 is 0 Å². The Morgan fingerprint density at radius 2 is 1.79 bits per heavy atom. The molecule has 0 radical (unpaired) electrons. The van der Waals surface area contributed by atoms with Gasteiger partial charge in [0.1, 0.15) is 17.5 Å². The Labute approximate surface area is 166 Å². The number of carbonyl (C=O) groups excluding carboxylic acids is 1. The normalized spacial score (nSPS) is 12.1. The zero-order valence-electron chi connectivity index (χ0n) is 16.5. The van der Waals surface area contributed by atoms with E-state index in [1.807, 2.05) is 25.1 Å². The van der Waals surface area contributed by atoms with Gasteiger partial charge in [-0.2, -0.15) is 0 Å². The molecule has 2 aromatic carbocycles. The lowest BCUT2D eigenvalue weighted by atomic mass is 10.2. The number of hydrogen-bond acceptors (Lipinski definition) is 5. The van der Waals surface area contributed by atoms with Crippen LogP contribution in [0.25, 0.3) is 0 Å². The van der Waals surface area contributed by atoms with E-state index < -0.39 is 22.0 Å². The van der Waals surface area contributed by atoms with Crippen LogP contribution in [-0.4, -0.2) is 40.3 Å². The van der Waals surface area contributed by atoms with Crippen molar-refractivity contribution >= 4 is 21.6 Å². The molecule has 0 aliphatic carbocycles. The van der Waals surface area contributed by atoms with Gasteiger partial charge in [-0.1, -0.05) is 18.2 Å². The van der Waals surface area contributed by atoms with Crippen molar-refractivity contribution in [3.05, 3.63) is 54.1 Å². The number of nitrogens with one attached hydrogen (secondary N) is 1. The SMILES string of the molecule is CCOc1ccc(N([C@H](C)C(=O)NCc2ccccc2OC)S(C)(=O)=O)cc1. The summed E-state index contributed by atoms with van der Waals surface area (Å²) in [5.41, 5.74) is 1.20. The Morgan fingerprint density at radius 1 is 1.14 bits per heavy atom. The van der Waals surface area contributed by atoms with Gasteiger partial charge >= 0.3 is 0 Å². The monoisotopic (exact) mass is 406 g/mol. The van der Waals surface area contributed by atoms with Crippen LogP contribution in [0.15, 0.2) is 48.5 Å². The summed E-state index contributed by atoms with van der Waals surface area (Å²) in [5, 5.41) is 2.78. The van der Waals surface area contributed by atoms with Crippen LogP contribution in [0.1, 0.15) is 19.4 Å². The Kier molecular flexibility index (Phi) is 7.28. The number of benzene rings is 2. The van der Waals surface area contributed by atoms with Crippen molar-refractivity contribution in [2.45, 2.75) is 26.4 Å². The lowest BCUT2D eigenvalue weighted by molar-refractivity contribution is -0.122. The van der Waals surface area contributed by atoms with E-state index in [1.54, 1.807) is 44.4 Å². The molecule has 0 heterocycles. The molecule has 7 nitrogen and oxygen atoms in total. The maximum Gasteiger partial charge on any atom is 0.243 e. The molecule has 0 bridgehead atoms. The fraction of sp³-hybridized carbons (Fsp3) is 0.350. The summed E-state index contributed by atoms with van der Waals surface area (Å²) in [5.74, 6) is 0.875. The van der Waals surface area contributed by atoms with Gasteiger partial charge in [0.25, 0.3) is 0 Å². The van der Waals surface area contributed by atoms with E-state index in [2.05, 4.69) is 5.32 Å². The molecule has 0 spiro atoms. The van der Waals surface area contributed by atoms with Crippen molar-refractivity contribution in [1.29, 1.82) is 0 Å². The van der Waals surface area contributed by atoms with Crippen molar-refractivity contribution in [2.24, 2.45) is 0 Å². The summed E-state index contributed by atoms with van der Waals surface area (Å²) < 4.78 is 36.5. The van der Waals surface area contributed by atoms with Gasteiger partial charge in [0.05, 0.1) is 25.7 Å². The average molecular weight is 407 g/mol. The van der Waals surface area contributed by atoms with E-state index in [4.69, 9.17) is 9.47 Å². The fourth-order valence-electron chi connectivity index (χ4n) is 2.84. The molecular formula is C20H26N2O5S. The molecular weight excluding hydrogens is 380 g/mol. The summed E-state index contributed by atoms with van der Waals surface area (Å²) >= 11 is 0. The van der Waals surface area contributed by atoms with Crippen molar-refractivity contribution in [3.63, 3.8) is 0 Å². The minimum atomic E-state index is -3.68. The lowest BCUT2D eigenvalue weighted by Gasteiger charge is -2.28. The first-order chi connectivity index (χ1) is 13.3. The highest BCUT2D eigenvalue weighted by atomic mass is 32.2. The molecule has 1 atom stereocenters. The summed E-state index contributed by atoms with van der Waals surface area (Å²) in [6, 6.07) is 13.0.